The van der Waals surface area contributed by atoms with Gasteiger partial charge >= 0.3 is 0 Å². The van der Waals surface area contributed by atoms with Gasteiger partial charge in [0.1, 0.15) is 5.69 Å². The molecule has 2 heterocycles. The molecule has 5 nitrogen and oxygen atoms in total. The molecule has 1 saturated heterocycles. The van der Waals surface area contributed by atoms with Crippen LogP contribution in [-0.4, -0.2) is 47.0 Å². The average molecular weight is 208 g/mol. The second-order valence-corrected chi connectivity index (χ2v) is 3.88. The van der Waals surface area contributed by atoms with E-state index in [1.165, 1.54) is 6.33 Å². The number of carbonyl (C=O) groups is 1. The lowest BCUT2D eigenvalue weighted by Crippen LogP contribution is -2.46. The summed E-state index contributed by atoms with van der Waals surface area (Å²) in [6.07, 6.45) is 5.30. The van der Waals surface area contributed by atoms with Gasteiger partial charge in [0.05, 0.1) is 12.5 Å². The van der Waals surface area contributed by atoms with Gasteiger partial charge in [0.25, 0.3) is 5.91 Å². The highest BCUT2D eigenvalue weighted by molar-refractivity contribution is 5.92. The van der Waals surface area contributed by atoms with Gasteiger partial charge < -0.3 is 15.2 Å². The van der Waals surface area contributed by atoms with E-state index in [2.05, 4.69) is 15.3 Å². The predicted octanol–water partition coefficient (Wildman–Crippen LogP) is 0.234. The Kier molecular flexibility index (Phi) is 3.01. The second-order valence-electron chi connectivity index (χ2n) is 3.88. The minimum absolute atomic E-state index is 0.0150. The fourth-order valence-corrected chi connectivity index (χ4v) is 1.89. The molecule has 1 fully saturated rings. The Morgan fingerprint density at radius 3 is 3.13 bits per heavy atom. The fraction of sp³-hybridized carbons (Fsp3) is 0.600. The van der Waals surface area contributed by atoms with Crippen LogP contribution in [0, 0.1) is 0 Å². The maximum Gasteiger partial charge on any atom is 0.271 e. The number of rotatable bonds is 2. The first-order valence-electron chi connectivity index (χ1n) is 5.25. The van der Waals surface area contributed by atoms with Crippen LogP contribution in [0.5, 0.6) is 0 Å². The first-order valence-corrected chi connectivity index (χ1v) is 5.25. The Morgan fingerprint density at radius 2 is 2.53 bits per heavy atom. The number of hydrogen-bond acceptors (Lipinski definition) is 3. The van der Waals surface area contributed by atoms with Crippen molar-refractivity contribution < 1.29 is 4.79 Å². The van der Waals surface area contributed by atoms with Crippen LogP contribution in [0.15, 0.2) is 12.5 Å². The number of hydrogen-bond donors (Lipinski definition) is 2. The SMILES string of the molecule is CN(C(=O)c1cnc[nH]1)C1CCCNC1. The molecule has 0 spiro atoms. The number of piperidine rings is 1. The number of carbonyl (C=O) groups excluding carboxylic acids is 1. The van der Waals surface area contributed by atoms with Crippen LogP contribution in [0.25, 0.3) is 0 Å². The number of aromatic amines is 1. The van der Waals surface area contributed by atoms with Crippen molar-refractivity contribution in [2.24, 2.45) is 0 Å². The van der Waals surface area contributed by atoms with Crippen LogP contribution >= 0.6 is 0 Å². The summed E-state index contributed by atoms with van der Waals surface area (Å²) in [5, 5.41) is 3.30. The summed E-state index contributed by atoms with van der Waals surface area (Å²) in [5.74, 6) is 0.0150. The van der Waals surface area contributed by atoms with E-state index in [0.717, 1.165) is 25.9 Å². The zero-order chi connectivity index (χ0) is 10.7. The molecule has 1 aliphatic heterocycles. The fourth-order valence-electron chi connectivity index (χ4n) is 1.89. The number of imidazole rings is 1. The second kappa shape index (κ2) is 4.44. The Labute approximate surface area is 88.9 Å². The summed E-state index contributed by atoms with van der Waals surface area (Å²) in [4.78, 5) is 20.4. The minimum Gasteiger partial charge on any atom is -0.341 e. The zero-order valence-corrected chi connectivity index (χ0v) is 8.86. The van der Waals surface area contributed by atoms with E-state index in [9.17, 15) is 4.79 Å². The number of likely N-dealkylation sites (N-methyl/N-ethyl adjacent to an activating group) is 1. The van der Waals surface area contributed by atoms with Crippen molar-refractivity contribution in [3.63, 3.8) is 0 Å². The maximum atomic E-state index is 11.9. The summed E-state index contributed by atoms with van der Waals surface area (Å²) in [6, 6.07) is 0.301. The van der Waals surface area contributed by atoms with Crippen molar-refractivity contribution in [2.45, 2.75) is 18.9 Å². The van der Waals surface area contributed by atoms with Crippen molar-refractivity contribution in [3.05, 3.63) is 18.2 Å². The Morgan fingerprint density at radius 1 is 1.67 bits per heavy atom. The molecule has 5 heteroatoms. The van der Waals surface area contributed by atoms with E-state index >= 15 is 0 Å². The molecule has 0 aliphatic carbocycles. The van der Waals surface area contributed by atoms with Crippen LogP contribution in [0.4, 0.5) is 0 Å². The van der Waals surface area contributed by atoms with Gasteiger partial charge in [0.2, 0.25) is 0 Å². The van der Waals surface area contributed by atoms with Crippen LogP contribution < -0.4 is 5.32 Å². The highest BCUT2D eigenvalue weighted by Gasteiger charge is 2.23. The minimum atomic E-state index is 0.0150. The van der Waals surface area contributed by atoms with Gasteiger partial charge in [0.15, 0.2) is 0 Å². The number of aromatic nitrogens is 2. The van der Waals surface area contributed by atoms with Crippen molar-refractivity contribution in [1.82, 2.24) is 20.2 Å². The van der Waals surface area contributed by atoms with Crippen molar-refractivity contribution in [2.75, 3.05) is 20.1 Å². The topological polar surface area (TPSA) is 61.0 Å². The van der Waals surface area contributed by atoms with Crippen LogP contribution in [0.1, 0.15) is 23.3 Å². The van der Waals surface area contributed by atoms with Gasteiger partial charge in [-0.05, 0) is 19.4 Å². The predicted molar refractivity (Wildman–Crippen MR) is 56.6 cm³/mol. The van der Waals surface area contributed by atoms with Gasteiger partial charge in [-0.2, -0.15) is 0 Å². The first kappa shape index (κ1) is 10.2. The number of amides is 1. The highest BCUT2D eigenvalue weighted by atomic mass is 16.2. The lowest BCUT2D eigenvalue weighted by atomic mass is 10.1. The molecule has 0 bridgehead atoms. The van der Waals surface area contributed by atoms with Crippen LogP contribution in [0.3, 0.4) is 0 Å². The molecular formula is C10H16N4O. The molecule has 0 aromatic carbocycles. The van der Waals surface area contributed by atoms with Crippen LogP contribution in [0.2, 0.25) is 0 Å². The van der Waals surface area contributed by atoms with Crippen molar-refractivity contribution >= 4 is 5.91 Å². The Balaban J connectivity index is 2.00. The summed E-state index contributed by atoms with van der Waals surface area (Å²) >= 11 is 0. The average Bonchev–Trinajstić information content (AvgIpc) is 2.82. The van der Waals surface area contributed by atoms with Gasteiger partial charge in [-0.15, -0.1) is 0 Å². The molecule has 1 amide bonds. The first-order chi connectivity index (χ1) is 7.29. The summed E-state index contributed by atoms with van der Waals surface area (Å²) in [6.45, 7) is 1.94. The molecule has 1 aliphatic rings. The van der Waals surface area contributed by atoms with Crippen LogP contribution in [-0.2, 0) is 0 Å². The lowest BCUT2D eigenvalue weighted by molar-refractivity contribution is 0.0703. The number of H-pyrrole nitrogens is 1. The maximum absolute atomic E-state index is 11.9. The van der Waals surface area contributed by atoms with E-state index in [4.69, 9.17) is 0 Å². The Hall–Kier alpha value is -1.36. The van der Waals surface area contributed by atoms with E-state index in [-0.39, 0.29) is 5.91 Å². The normalized spacial score (nSPS) is 21.3. The van der Waals surface area contributed by atoms with E-state index in [0.29, 0.717) is 11.7 Å². The number of nitrogens with zero attached hydrogens (tertiary/aromatic N) is 2. The molecule has 1 aromatic rings. The standard InChI is InChI=1S/C10H16N4O/c1-14(8-3-2-4-11-5-8)10(15)9-6-12-7-13-9/h6-8,11H,2-5H2,1H3,(H,12,13). The van der Waals surface area contributed by atoms with Crippen molar-refractivity contribution in [3.8, 4) is 0 Å². The number of nitrogens with one attached hydrogen (secondary N) is 2. The molecule has 1 atom stereocenters. The third-order valence-corrected chi connectivity index (χ3v) is 2.87. The molecule has 82 valence electrons. The third kappa shape index (κ3) is 2.18. The zero-order valence-electron chi connectivity index (χ0n) is 8.86. The molecule has 1 aromatic heterocycles. The quantitative estimate of drug-likeness (QED) is 0.731. The monoisotopic (exact) mass is 208 g/mol. The Bertz CT molecular complexity index is 316. The molecule has 0 saturated carbocycles. The lowest BCUT2D eigenvalue weighted by Gasteiger charge is -2.31. The van der Waals surface area contributed by atoms with Gasteiger partial charge in [-0.3, -0.25) is 4.79 Å². The third-order valence-electron chi connectivity index (χ3n) is 2.87. The van der Waals surface area contributed by atoms with Gasteiger partial charge in [-0.25, -0.2) is 4.98 Å². The van der Waals surface area contributed by atoms with E-state index < -0.39 is 0 Å². The highest BCUT2D eigenvalue weighted by Crippen LogP contribution is 2.10. The molecule has 2 rings (SSSR count). The van der Waals surface area contributed by atoms with E-state index in [1.54, 1.807) is 11.1 Å². The molecule has 0 radical (unpaired) electrons. The smallest absolute Gasteiger partial charge is 0.271 e. The largest absolute Gasteiger partial charge is 0.341 e. The molecule has 1 unspecified atom stereocenters. The molecular weight excluding hydrogens is 192 g/mol. The van der Waals surface area contributed by atoms with Crippen molar-refractivity contribution in [1.29, 1.82) is 0 Å². The van der Waals surface area contributed by atoms with E-state index in [1.807, 2.05) is 7.05 Å². The summed E-state index contributed by atoms with van der Waals surface area (Å²) in [5.41, 5.74) is 0.558. The molecule has 15 heavy (non-hydrogen) atoms. The van der Waals surface area contributed by atoms with Gasteiger partial charge in [0, 0.05) is 19.6 Å². The summed E-state index contributed by atoms with van der Waals surface area (Å²) < 4.78 is 0. The summed E-state index contributed by atoms with van der Waals surface area (Å²) in [7, 11) is 1.85. The molecule has 2 N–H and O–H groups in total. The van der Waals surface area contributed by atoms with Gasteiger partial charge in [-0.1, -0.05) is 0 Å².